The number of para-hydroxylation sites is 1. The van der Waals surface area contributed by atoms with E-state index in [-0.39, 0.29) is 11.8 Å². The Morgan fingerprint density at radius 1 is 1.05 bits per heavy atom. The van der Waals surface area contributed by atoms with E-state index in [4.69, 9.17) is 0 Å². The van der Waals surface area contributed by atoms with Crippen LogP contribution >= 0.6 is 0 Å². The van der Waals surface area contributed by atoms with E-state index >= 15 is 0 Å². The van der Waals surface area contributed by atoms with Gasteiger partial charge in [-0.3, -0.25) is 4.79 Å². The highest BCUT2D eigenvalue weighted by molar-refractivity contribution is 6.03. The number of rotatable bonds is 2. The highest BCUT2D eigenvalue weighted by Gasteiger charge is 2.24. The summed E-state index contributed by atoms with van der Waals surface area (Å²) in [7, 11) is 4.04. The molecule has 3 rings (SSSR count). The van der Waals surface area contributed by atoms with Gasteiger partial charge >= 0.3 is 0 Å². The second kappa shape index (κ2) is 5.00. The predicted molar refractivity (Wildman–Crippen MR) is 82.5 cm³/mol. The molecular weight excluding hydrogens is 248 g/mol. The molecule has 1 aliphatic rings. The van der Waals surface area contributed by atoms with Gasteiger partial charge in [-0.25, -0.2) is 0 Å². The Balaban J connectivity index is 1.88. The summed E-state index contributed by atoms with van der Waals surface area (Å²) in [5.74, 6) is 0.209. The standard InChI is InChI=1S/C17H18N2O/c1-19(2)13-9-7-12(8-10-13)16-11-17(20)14-5-3-4-6-15(14)18-16/h3-10,16,18H,11H2,1-2H3/t16-/m0/s1. The van der Waals surface area contributed by atoms with Gasteiger partial charge in [-0.05, 0) is 29.8 Å². The van der Waals surface area contributed by atoms with Crippen molar-refractivity contribution in [2.24, 2.45) is 0 Å². The first-order valence-corrected chi connectivity index (χ1v) is 6.81. The summed E-state index contributed by atoms with van der Waals surface area (Å²) >= 11 is 0. The molecule has 0 aliphatic carbocycles. The van der Waals surface area contributed by atoms with Gasteiger partial charge in [0.15, 0.2) is 5.78 Å². The lowest BCUT2D eigenvalue weighted by atomic mass is 9.92. The van der Waals surface area contributed by atoms with Crippen molar-refractivity contribution in [1.29, 1.82) is 0 Å². The van der Waals surface area contributed by atoms with Crippen molar-refractivity contribution in [2.45, 2.75) is 12.5 Å². The van der Waals surface area contributed by atoms with Crippen molar-refractivity contribution < 1.29 is 4.79 Å². The van der Waals surface area contributed by atoms with Gasteiger partial charge in [0.25, 0.3) is 0 Å². The lowest BCUT2D eigenvalue weighted by Gasteiger charge is -2.26. The van der Waals surface area contributed by atoms with Gasteiger partial charge in [0, 0.05) is 37.5 Å². The van der Waals surface area contributed by atoms with Crippen molar-refractivity contribution in [2.75, 3.05) is 24.3 Å². The number of carbonyl (C=O) groups excluding carboxylic acids is 1. The van der Waals surface area contributed by atoms with Crippen molar-refractivity contribution in [3.63, 3.8) is 0 Å². The summed E-state index contributed by atoms with van der Waals surface area (Å²) in [4.78, 5) is 14.3. The molecule has 2 aromatic carbocycles. The zero-order valence-corrected chi connectivity index (χ0v) is 11.8. The second-order valence-electron chi connectivity index (χ2n) is 5.36. The number of ketones is 1. The average Bonchev–Trinajstić information content (AvgIpc) is 2.47. The summed E-state index contributed by atoms with van der Waals surface area (Å²) in [6.45, 7) is 0. The smallest absolute Gasteiger partial charge is 0.167 e. The van der Waals surface area contributed by atoms with Gasteiger partial charge in [0.2, 0.25) is 0 Å². The van der Waals surface area contributed by atoms with Gasteiger partial charge in [-0.15, -0.1) is 0 Å². The van der Waals surface area contributed by atoms with E-state index in [1.807, 2.05) is 38.4 Å². The van der Waals surface area contributed by atoms with Crippen LogP contribution in [0.15, 0.2) is 48.5 Å². The third-order valence-corrected chi connectivity index (χ3v) is 3.76. The monoisotopic (exact) mass is 266 g/mol. The SMILES string of the molecule is CN(C)c1ccc([C@@H]2CC(=O)c3ccccc3N2)cc1. The third-order valence-electron chi connectivity index (χ3n) is 3.76. The Labute approximate surface area is 119 Å². The Kier molecular flexibility index (Phi) is 3.18. The van der Waals surface area contributed by atoms with E-state index in [9.17, 15) is 4.79 Å². The Morgan fingerprint density at radius 3 is 2.45 bits per heavy atom. The van der Waals surface area contributed by atoms with Crippen LogP contribution in [0.25, 0.3) is 0 Å². The molecule has 0 spiro atoms. The molecule has 102 valence electrons. The van der Waals surface area contributed by atoms with E-state index < -0.39 is 0 Å². The number of carbonyl (C=O) groups is 1. The molecule has 1 atom stereocenters. The fraction of sp³-hybridized carbons (Fsp3) is 0.235. The quantitative estimate of drug-likeness (QED) is 0.903. The van der Waals surface area contributed by atoms with Crippen molar-refractivity contribution >= 4 is 17.2 Å². The minimum atomic E-state index is 0.0635. The molecule has 3 heteroatoms. The van der Waals surface area contributed by atoms with E-state index in [0.29, 0.717) is 6.42 Å². The van der Waals surface area contributed by atoms with Crippen LogP contribution in [0.5, 0.6) is 0 Å². The molecule has 0 radical (unpaired) electrons. The first-order chi connectivity index (χ1) is 9.65. The molecule has 0 amide bonds. The molecule has 0 saturated carbocycles. The number of hydrogen-bond donors (Lipinski definition) is 1. The van der Waals surface area contributed by atoms with Crippen LogP contribution in [0.4, 0.5) is 11.4 Å². The molecule has 1 aliphatic heterocycles. The Hall–Kier alpha value is -2.29. The summed E-state index contributed by atoms with van der Waals surface area (Å²) in [6, 6.07) is 16.1. The summed E-state index contributed by atoms with van der Waals surface area (Å²) < 4.78 is 0. The highest BCUT2D eigenvalue weighted by Crippen LogP contribution is 2.32. The van der Waals surface area contributed by atoms with Gasteiger partial charge in [-0.1, -0.05) is 24.3 Å². The summed E-state index contributed by atoms with van der Waals surface area (Å²) in [6.07, 6.45) is 0.512. The molecule has 20 heavy (non-hydrogen) atoms. The van der Waals surface area contributed by atoms with Crippen LogP contribution in [-0.4, -0.2) is 19.9 Å². The molecule has 0 aromatic heterocycles. The second-order valence-corrected chi connectivity index (χ2v) is 5.36. The molecule has 3 nitrogen and oxygen atoms in total. The van der Waals surface area contributed by atoms with Crippen molar-refractivity contribution in [3.8, 4) is 0 Å². The normalized spacial score (nSPS) is 17.3. The number of fused-ring (bicyclic) bond motifs is 1. The first-order valence-electron chi connectivity index (χ1n) is 6.81. The van der Waals surface area contributed by atoms with Gasteiger partial charge in [0.1, 0.15) is 0 Å². The maximum absolute atomic E-state index is 12.2. The molecule has 0 fully saturated rings. The average molecular weight is 266 g/mol. The highest BCUT2D eigenvalue weighted by atomic mass is 16.1. The molecule has 1 heterocycles. The summed E-state index contributed by atoms with van der Waals surface area (Å²) in [5.41, 5.74) is 4.05. The van der Waals surface area contributed by atoms with Crippen molar-refractivity contribution in [3.05, 3.63) is 59.7 Å². The number of anilines is 2. The third kappa shape index (κ3) is 2.27. The number of nitrogens with zero attached hydrogens (tertiary/aromatic N) is 1. The topological polar surface area (TPSA) is 32.3 Å². The minimum absolute atomic E-state index is 0.0635. The molecule has 0 unspecified atom stereocenters. The fourth-order valence-electron chi connectivity index (χ4n) is 2.59. The number of benzene rings is 2. The minimum Gasteiger partial charge on any atom is -0.378 e. The van der Waals surface area contributed by atoms with Crippen LogP contribution in [0.3, 0.4) is 0 Å². The van der Waals surface area contributed by atoms with Gasteiger partial charge < -0.3 is 10.2 Å². The zero-order chi connectivity index (χ0) is 14.1. The van der Waals surface area contributed by atoms with Crippen LogP contribution in [0, 0.1) is 0 Å². The lowest BCUT2D eigenvalue weighted by molar-refractivity contribution is 0.0972. The van der Waals surface area contributed by atoms with E-state index in [1.165, 1.54) is 0 Å². The molecule has 2 aromatic rings. The molecule has 1 N–H and O–H groups in total. The largest absolute Gasteiger partial charge is 0.378 e. The maximum atomic E-state index is 12.2. The van der Waals surface area contributed by atoms with Crippen LogP contribution in [0.2, 0.25) is 0 Å². The van der Waals surface area contributed by atoms with Gasteiger partial charge in [-0.2, -0.15) is 0 Å². The summed E-state index contributed by atoms with van der Waals surface area (Å²) in [5, 5.41) is 3.46. The maximum Gasteiger partial charge on any atom is 0.167 e. The van der Waals surface area contributed by atoms with E-state index in [0.717, 1.165) is 22.5 Å². The number of nitrogens with one attached hydrogen (secondary N) is 1. The van der Waals surface area contributed by atoms with E-state index in [1.54, 1.807) is 0 Å². The molecule has 0 saturated heterocycles. The van der Waals surface area contributed by atoms with E-state index in [2.05, 4.69) is 34.5 Å². The zero-order valence-electron chi connectivity index (χ0n) is 11.8. The molecular formula is C17H18N2O. The lowest BCUT2D eigenvalue weighted by Crippen LogP contribution is -2.22. The molecule has 0 bridgehead atoms. The fourth-order valence-corrected chi connectivity index (χ4v) is 2.59. The Bertz CT molecular complexity index is 632. The number of Topliss-reactive ketones (excluding diaryl/α,β-unsaturated/α-hetero) is 1. The van der Waals surface area contributed by atoms with Crippen LogP contribution < -0.4 is 10.2 Å². The van der Waals surface area contributed by atoms with Crippen molar-refractivity contribution in [1.82, 2.24) is 0 Å². The van der Waals surface area contributed by atoms with Crippen LogP contribution in [0.1, 0.15) is 28.4 Å². The predicted octanol–water partition coefficient (Wildman–Crippen LogP) is 3.49. The Morgan fingerprint density at radius 2 is 1.75 bits per heavy atom. The first kappa shape index (κ1) is 12.7. The van der Waals surface area contributed by atoms with Crippen LogP contribution in [-0.2, 0) is 0 Å². The van der Waals surface area contributed by atoms with Gasteiger partial charge in [0.05, 0.1) is 6.04 Å². The number of hydrogen-bond acceptors (Lipinski definition) is 3.